The molecule has 0 fully saturated rings. The summed E-state index contributed by atoms with van der Waals surface area (Å²) >= 11 is 2.76. The molecule has 146 valence electrons. The topological polar surface area (TPSA) is 110 Å². The lowest BCUT2D eigenvalue weighted by molar-refractivity contribution is -0.384. The van der Waals surface area contributed by atoms with Gasteiger partial charge in [0.25, 0.3) is 5.69 Å². The van der Waals surface area contributed by atoms with Gasteiger partial charge in [-0.05, 0) is 13.0 Å². The average molecular weight is 418 g/mol. The average Bonchev–Trinajstić information content (AvgIpc) is 3.20. The maximum atomic E-state index is 12.2. The van der Waals surface area contributed by atoms with E-state index in [0.717, 1.165) is 16.3 Å². The Labute approximate surface area is 169 Å². The minimum atomic E-state index is -0.504. The standard InChI is InChI=1S/C18H19N5O3S2/c1-10-14(28-17(19-10)22-15(24)18(2,3)4)13-9-27-16(21-13)20-11-6-5-7-12(8-11)23(25)26/h5-9H,1-4H3,(H,20,21)(H,19,22,24). The van der Waals surface area contributed by atoms with Crippen molar-refractivity contribution < 1.29 is 9.72 Å². The van der Waals surface area contributed by atoms with Crippen LogP contribution in [-0.4, -0.2) is 20.8 Å². The Morgan fingerprint density at radius 1 is 1.21 bits per heavy atom. The highest BCUT2D eigenvalue weighted by Crippen LogP contribution is 2.35. The van der Waals surface area contributed by atoms with E-state index in [1.807, 2.05) is 33.1 Å². The Morgan fingerprint density at radius 3 is 2.64 bits per heavy atom. The van der Waals surface area contributed by atoms with Crippen LogP contribution in [0.3, 0.4) is 0 Å². The molecule has 2 aromatic heterocycles. The minimum absolute atomic E-state index is 0.0133. The number of nitrogens with one attached hydrogen (secondary N) is 2. The number of anilines is 3. The number of rotatable bonds is 5. The number of carbonyl (C=O) groups is 1. The summed E-state index contributed by atoms with van der Waals surface area (Å²) in [6.45, 7) is 7.40. The first-order valence-corrected chi connectivity index (χ1v) is 10.1. The van der Waals surface area contributed by atoms with Crippen molar-refractivity contribution in [2.24, 2.45) is 5.41 Å². The third kappa shape index (κ3) is 4.52. The van der Waals surface area contributed by atoms with Crippen LogP contribution in [0.1, 0.15) is 26.5 Å². The molecule has 1 amide bonds. The van der Waals surface area contributed by atoms with E-state index in [0.29, 0.717) is 16.0 Å². The van der Waals surface area contributed by atoms with E-state index in [9.17, 15) is 14.9 Å². The van der Waals surface area contributed by atoms with Gasteiger partial charge in [-0.3, -0.25) is 14.9 Å². The van der Waals surface area contributed by atoms with Crippen LogP contribution in [0.15, 0.2) is 29.6 Å². The van der Waals surface area contributed by atoms with Crippen LogP contribution in [0.5, 0.6) is 0 Å². The molecule has 0 saturated carbocycles. The fourth-order valence-electron chi connectivity index (χ4n) is 2.23. The van der Waals surface area contributed by atoms with Crippen molar-refractivity contribution in [3.63, 3.8) is 0 Å². The summed E-state index contributed by atoms with van der Waals surface area (Å²) in [6, 6.07) is 6.25. The number of hydrogen-bond acceptors (Lipinski definition) is 8. The van der Waals surface area contributed by atoms with E-state index in [1.54, 1.807) is 12.1 Å². The van der Waals surface area contributed by atoms with Gasteiger partial charge < -0.3 is 10.6 Å². The van der Waals surface area contributed by atoms with E-state index in [1.165, 1.54) is 34.8 Å². The number of nitro groups is 1. The Bertz CT molecular complexity index is 1040. The molecule has 0 atom stereocenters. The molecule has 0 bridgehead atoms. The van der Waals surface area contributed by atoms with Gasteiger partial charge in [-0.1, -0.05) is 38.2 Å². The van der Waals surface area contributed by atoms with Gasteiger partial charge in [0, 0.05) is 28.6 Å². The van der Waals surface area contributed by atoms with Gasteiger partial charge in [-0.25, -0.2) is 9.97 Å². The number of benzene rings is 1. The number of carbonyl (C=O) groups excluding carboxylic acids is 1. The summed E-state index contributed by atoms with van der Waals surface area (Å²) in [5, 5.41) is 19.9. The third-order valence-corrected chi connectivity index (χ3v) is 5.60. The number of amides is 1. The number of nitrogens with zero attached hydrogens (tertiary/aromatic N) is 3. The summed E-state index contributed by atoms with van der Waals surface area (Å²) in [5.41, 5.74) is 1.62. The highest BCUT2D eigenvalue weighted by Gasteiger charge is 2.23. The van der Waals surface area contributed by atoms with Gasteiger partial charge >= 0.3 is 0 Å². The number of nitro benzene ring substituents is 1. The van der Waals surface area contributed by atoms with Gasteiger partial charge in [0.1, 0.15) is 0 Å². The molecular weight excluding hydrogens is 398 g/mol. The highest BCUT2D eigenvalue weighted by molar-refractivity contribution is 7.20. The lowest BCUT2D eigenvalue weighted by atomic mass is 9.96. The summed E-state index contributed by atoms with van der Waals surface area (Å²) in [7, 11) is 0. The molecule has 0 aliphatic carbocycles. The number of thiazole rings is 2. The third-order valence-electron chi connectivity index (χ3n) is 3.74. The van der Waals surface area contributed by atoms with Gasteiger partial charge in [-0.15, -0.1) is 11.3 Å². The molecule has 28 heavy (non-hydrogen) atoms. The predicted octanol–water partition coefficient (Wildman–Crippen LogP) is 5.21. The smallest absolute Gasteiger partial charge is 0.271 e. The summed E-state index contributed by atoms with van der Waals surface area (Å²) in [6.07, 6.45) is 0. The van der Waals surface area contributed by atoms with Crippen molar-refractivity contribution >= 4 is 50.2 Å². The molecule has 0 radical (unpaired) electrons. The highest BCUT2D eigenvalue weighted by atomic mass is 32.1. The van der Waals surface area contributed by atoms with Gasteiger partial charge in [0.2, 0.25) is 5.91 Å². The second-order valence-electron chi connectivity index (χ2n) is 7.11. The van der Waals surface area contributed by atoms with E-state index < -0.39 is 10.3 Å². The molecular formula is C18H19N5O3S2. The monoisotopic (exact) mass is 417 g/mol. The maximum Gasteiger partial charge on any atom is 0.271 e. The van der Waals surface area contributed by atoms with Gasteiger partial charge in [-0.2, -0.15) is 0 Å². The Hall–Kier alpha value is -2.85. The Kier molecular flexibility index (Phi) is 5.43. The van der Waals surface area contributed by atoms with Crippen LogP contribution in [0.4, 0.5) is 21.6 Å². The molecule has 0 aliphatic rings. The van der Waals surface area contributed by atoms with Crippen molar-refractivity contribution in [3.05, 3.63) is 45.5 Å². The number of aryl methyl sites for hydroxylation is 1. The normalized spacial score (nSPS) is 11.3. The van der Waals surface area contributed by atoms with E-state index >= 15 is 0 Å². The zero-order chi connectivity index (χ0) is 20.5. The SMILES string of the molecule is Cc1nc(NC(=O)C(C)(C)C)sc1-c1csc(Nc2cccc([N+](=O)[O-])c2)n1. The van der Waals surface area contributed by atoms with Crippen LogP contribution < -0.4 is 10.6 Å². The molecule has 10 heteroatoms. The first-order chi connectivity index (χ1) is 13.1. The number of non-ortho nitro benzene ring substituents is 1. The molecule has 0 aliphatic heterocycles. The summed E-state index contributed by atoms with van der Waals surface area (Å²) in [4.78, 5) is 32.5. The molecule has 0 spiro atoms. The fraction of sp³-hybridized carbons (Fsp3) is 0.278. The van der Waals surface area contributed by atoms with Crippen LogP contribution in [-0.2, 0) is 4.79 Å². The van der Waals surface area contributed by atoms with E-state index in [-0.39, 0.29) is 11.6 Å². The number of aromatic nitrogens is 2. The van der Waals surface area contributed by atoms with Crippen molar-refractivity contribution in [2.75, 3.05) is 10.6 Å². The largest absolute Gasteiger partial charge is 0.331 e. The molecule has 3 rings (SSSR count). The van der Waals surface area contributed by atoms with Gasteiger partial charge in [0.15, 0.2) is 10.3 Å². The second-order valence-corrected chi connectivity index (χ2v) is 8.97. The fourth-order valence-corrected chi connectivity index (χ4v) is 3.95. The maximum absolute atomic E-state index is 12.2. The van der Waals surface area contributed by atoms with Crippen molar-refractivity contribution in [1.82, 2.24) is 9.97 Å². The van der Waals surface area contributed by atoms with Crippen molar-refractivity contribution in [3.8, 4) is 10.6 Å². The lowest BCUT2D eigenvalue weighted by Crippen LogP contribution is -2.27. The molecule has 1 aromatic carbocycles. The Morgan fingerprint density at radius 2 is 1.96 bits per heavy atom. The molecule has 2 N–H and O–H groups in total. The Balaban J connectivity index is 1.78. The number of hydrogen-bond donors (Lipinski definition) is 2. The molecule has 3 aromatic rings. The zero-order valence-electron chi connectivity index (χ0n) is 15.8. The van der Waals surface area contributed by atoms with Crippen molar-refractivity contribution in [1.29, 1.82) is 0 Å². The van der Waals surface area contributed by atoms with Crippen LogP contribution in [0.25, 0.3) is 10.6 Å². The first kappa shape index (κ1) is 19.9. The first-order valence-electron chi connectivity index (χ1n) is 8.40. The van der Waals surface area contributed by atoms with Crippen molar-refractivity contribution in [2.45, 2.75) is 27.7 Å². The summed E-state index contributed by atoms with van der Waals surface area (Å²) < 4.78 is 0. The predicted molar refractivity (Wildman–Crippen MR) is 112 cm³/mol. The molecule has 0 saturated heterocycles. The quantitative estimate of drug-likeness (QED) is 0.435. The van der Waals surface area contributed by atoms with Crippen LogP contribution >= 0.6 is 22.7 Å². The summed E-state index contributed by atoms with van der Waals surface area (Å²) in [5.74, 6) is -0.0981. The molecule has 0 unspecified atom stereocenters. The lowest BCUT2D eigenvalue weighted by Gasteiger charge is -2.15. The van der Waals surface area contributed by atoms with E-state index in [2.05, 4.69) is 20.6 Å². The van der Waals surface area contributed by atoms with Gasteiger partial charge in [0.05, 0.1) is 21.2 Å². The van der Waals surface area contributed by atoms with Crippen LogP contribution in [0.2, 0.25) is 0 Å². The zero-order valence-corrected chi connectivity index (χ0v) is 17.4. The molecule has 2 heterocycles. The minimum Gasteiger partial charge on any atom is -0.331 e. The van der Waals surface area contributed by atoms with E-state index in [4.69, 9.17) is 0 Å². The van der Waals surface area contributed by atoms with Crippen LogP contribution in [0, 0.1) is 22.5 Å². The second kappa shape index (κ2) is 7.64. The molecule has 8 nitrogen and oxygen atoms in total.